The molecular weight excluding hydrogens is 467 g/mol. The molecule has 0 aliphatic heterocycles. The zero-order chi connectivity index (χ0) is 23.9. The van der Waals surface area contributed by atoms with Gasteiger partial charge < -0.3 is 0 Å². The van der Waals surface area contributed by atoms with E-state index in [-0.39, 0.29) is 5.69 Å². The molecule has 0 unspecified atom stereocenters. The minimum absolute atomic E-state index is 0.106. The molecule has 0 saturated carbocycles. The number of nitrogens with one attached hydrogen (secondary N) is 1. The van der Waals surface area contributed by atoms with Gasteiger partial charge in [0.1, 0.15) is 4.90 Å². The summed E-state index contributed by atoms with van der Waals surface area (Å²) in [5, 5.41) is 4.63. The molecule has 0 atom stereocenters. The normalized spacial score (nSPS) is 11.6. The molecule has 0 amide bonds. The van der Waals surface area contributed by atoms with Crippen LogP contribution in [0.3, 0.4) is 0 Å². The van der Waals surface area contributed by atoms with Gasteiger partial charge in [-0.05, 0) is 48.5 Å². The van der Waals surface area contributed by atoms with Crippen LogP contribution in [0.4, 0.5) is 18.9 Å². The van der Waals surface area contributed by atoms with Gasteiger partial charge in [0.25, 0.3) is 10.0 Å². The van der Waals surface area contributed by atoms with E-state index in [1.807, 2.05) is 12.1 Å². The zero-order valence-corrected chi connectivity index (χ0v) is 18.0. The molecule has 3 heterocycles. The van der Waals surface area contributed by atoms with E-state index in [0.29, 0.717) is 29.0 Å². The summed E-state index contributed by atoms with van der Waals surface area (Å²) >= 11 is 0. The first-order valence-electron chi connectivity index (χ1n) is 9.85. The number of fused-ring (bicyclic) bond motifs is 1. The van der Waals surface area contributed by atoms with Crippen LogP contribution in [-0.2, 0) is 10.0 Å². The highest BCUT2D eigenvalue weighted by Gasteiger charge is 2.24. The number of imidazole rings is 1. The van der Waals surface area contributed by atoms with Crippen molar-refractivity contribution < 1.29 is 21.6 Å². The Morgan fingerprint density at radius 1 is 0.794 bits per heavy atom. The average Bonchev–Trinajstić information content (AvgIpc) is 3.26. The molecule has 2 aromatic carbocycles. The lowest BCUT2D eigenvalue weighted by atomic mass is 10.1. The second-order valence-corrected chi connectivity index (χ2v) is 8.88. The maximum atomic E-state index is 13.9. The fourth-order valence-electron chi connectivity index (χ4n) is 3.38. The third-order valence-electron chi connectivity index (χ3n) is 5.06. The fourth-order valence-corrected chi connectivity index (χ4v) is 4.51. The van der Waals surface area contributed by atoms with Crippen LogP contribution < -0.4 is 4.72 Å². The van der Waals surface area contributed by atoms with Crippen molar-refractivity contribution in [1.29, 1.82) is 0 Å². The highest BCUT2D eigenvalue weighted by Crippen LogP contribution is 2.26. The Hall–Kier alpha value is -4.25. The van der Waals surface area contributed by atoms with Crippen LogP contribution >= 0.6 is 0 Å². The molecule has 7 nitrogen and oxygen atoms in total. The second-order valence-electron chi connectivity index (χ2n) is 7.22. The monoisotopic (exact) mass is 481 g/mol. The molecule has 0 bridgehead atoms. The van der Waals surface area contributed by atoms with Gasteiger partial charge >= 0.3 is 0 Å². The lowest BCUT2D eigenvalue weighted by Gasteiger charge is -2.10. The van der Waals surface area contributed by atoms with Crippen molar-refractivity contribution >= 4 is 21.4 Å². The SMILES string of the molecule is O=S(=O)(Nc1ccc(-c2ccc3ncc(-c4ccncc4)n3n2)cc1)c1ccc(F)c(F)c1F. The fraction of sp³-hybridized carbons (Fsp3) is 0. The summed E-state index contributed by atoms with van der Waals surface area (Å²) in [5.74, 6) is -5.12. The maximum Gasteiger partial charge on any atom is 0.264 e. The molecule has 0 saturated heterocycles. The van der Waals surface area contributed by atoms with Crippen LogP contribution in [0.1, 0.15) is 0 Å². The molecule has 170 valence electrons. The number of benzene rings is 2. The van der Waals surface area contributed by atoms with E-state index in [2.05, 4.69) is 19.8 Å². The Morgan fingerprint density at radius 3 is 2.26 bits per heavy atom. The van der Waals surface area contributed by atoms with Crippen LogP contribution in [0, 0.1) is 17.5 Å². The highest BCUT2D eigenvalue weighted by molar-refractivity contribution is 7.92. The van der Waals surface area contributed by atoms with Gasteiger partial charge in [-0.1, -0.05) is 12.1 Å². The minimum Gasteiger partial charge on any atom is -0.280 e. The van der Waals surface area contributed by atoms with E-state index in [1.165, 1.54) is 12.1 Å². The summed E-state index contributed by atoms with van der Waals surface area (Å²) in [4.78, 5) is 7.37. The van der Waals surface area contributed by atoms with Crippen molar-refractivity contribution in [2.24, 2.45) is 0 Å². The molecule has 11 heteroatoms. The van der Waals surface area contributed by atoms with Crippen molar-refractivity contribution in [3.8, 4) is 22.5 Å². The molecule has 0 aliphatic carbocycles. The number of halogens is 3. The van der Waals surface area contributed by atoms with E-state index in [4.69, 9.17) is 0 Å². The summed E-state index contributed by atoms with van der Waals surface area (Å²) in [7, 11) is -4.48. The number of hydrogen-bond acceptors (Lipinski definition) is 5. The van der Waals surface area contributed by atoms with Gasteiger partial charge in [0.05, 0.1) is 17.6 Å². The number of anilines is 1. The Labute approximate surface area is 191 Å². The van der Waals surface area contributed by atoms with Crippen molar-refractivity contribution in [3.63, 3.8) is 0 Å². The number of pyridine rings is 1. The van der Waals surface area contributed by atoms with Gasteiger partial charge in [-0.3, -0.25) is 9.71 Å². The average molecular weight is 481 g/mol. The summed E-state index contributed by atoms with van der Waals surface area (Å²) in [6.07, 6.45) is 5.05. The number of nitrogens with zero attached hydrogens (tertiary/aromatic N) is 4. The Bertz CT molecular complexity index is 1620. The molecular formula is C23H14F3N5O2S. The van der Waals surface area contributed by atoms with Gasteiger partial charge in [0.15, 0.2) is 23.1 Å². The first kappa shape index (κ1) is 21.6. The Kier molecular flexibility index (Phi) is 5.25. The lowest BCUT2D eigenvalue weighted by Crippen LogP contribution is -2.15. The van der Waals surface area contributed by atoms with Crippen LogP contribution in [-0.4, -0.2) is 28.0 Å². The number of rotatable bonds is 5. The number of aromatic nitrogens is 4. The lowest BCUT2D eigenvalue weighted by molar-refractivity contribution is 0.432. The summed E-state index contributed by atoms with van der Waals surface area (Å²) in [6, 6.07) is 14.6. The topological polar surface area (TPSA) is 89.2 Å². The molecule has 34 heavy (non-hydrogen) atoms. The highest BCUT2D eigenvalue weighted by atomic mass is 32.2. The van der Waals surface area contributed by atoms with Crippen molar-refractivity contribution in [2.75, 3.05) is 4.72 Å². The van der Waals surface area contributed by atoms with Crippen molar-refractivity contribution in [2.45, 2.75) is 4.90 Å². The summed E-state index contributed by atoms with van der Waals surface area (Å²) < 4.78 is 69.3. The van der Waals surface area contributed by atoms with E-state index in [0.717, 1.165) is 11.3 Å². The van der Waals surface area contributed by atoms with E-state index >= 15 is 0 Å². The Morgan fingerprint density at radius 2 is 1.53 bits per heavy atom. The van der Waals surface area contributed by atoms with Crippen molar-refractivity contribution in [3.05, 3.63) is 96.7 Å². The van der Waals surface area contributed by atoms with Gasteiger partial charge in [0, 0.05) is 29.2 Å². The van der Waals surface area contributed by atoms with Crippen molar-refractivity contribution in [1.82, 2.24) is 19.6 Å². The van der Waals surface area contributed by atoms with Crippen LogP contribution in [0.15, 0.2) is 84.1 Å². The van der Waals surface area contributed by atoms with Crippen LogP contribution in [0.25, 0.3) is 28.2 Å². The number of sulfonamides is 1. The number of hydrogen-bond donors (Lipinski definition) is 1. The predicted octanol–water partition coefficient (Wildman–Crippen LogP) is 4.68. The molecule has 0 aliphatic rings. The van der Waals surface area contributed by atoms with Crippen LogP contribution in [0.5, 0.6) is 0 Å². The third-order valence-corrected chi connectivity index (χ3v) is 6.46. The van der Waals surface area contributed by atoms with Gasteiger partial charge in [-0.2, -0.15) is 5.10 Å². The maximum absolute atomic E-state index is 13.9. The van der Waals surface area contributed by atoms with Gasteiger partial charge in [-0.25, -0.2) is 31.1 Å². The second kappa shape index (κ2) is 8.27. The van der Waals surface area contributed by atoms with Crippen LogP contribution in [0.2, 0.25) is 0 Å². The van der Waals surface area contributed by atoms with E-state index in [1.54, 1.807) is 47.4 Å². The first-order valence-corrected chi connectivity index (χ1v) is 11.3. The van der Waals surface area contributed by atoms with Gasteiger partial charge in [0.2, 0.25) is 0 Å². The molecule has 5 aromatic rings. The molecule has 3 aromatic heterocycles. The third kappa shape index (κ3) is 3.86. The minimum atomic E-state index is -4.48. The van der Waals surface area contributed by atoms with E-state index < -0.39 is 32.4 Å². The smallest absolute Gasteiger partial charge is 0.264 e. The molecule has 5 rings (SSSR count). The standard InChI is InChI=1S/C23H14F3N5O2S/c24-17-5-7-20(23(26)22(17)25)34(32,33)30-16-3-1-14(2-4-16)18-6-8-21-28-13-19(31(21)29-18)15-9-11-27-12-10-15/h1-13,30H. The van der Waals surface area contributed by atoms with Gasteiger partial charge in [-0.15, -0.1) is 0 Å². The summed E-state index contributed by atoms with van der Waals surface area (Å²) in [5.41, 5.74) is 3.70. The zero-order valence-electron chi connectivity index (χ0n) is 17.2. The first-order chi connectivity index (χ1) is 16.3. The van der Waals surface area contributed by atoms with E-state index in [9.17, 15) is 21.6 Å². The largest absolute Gasteiger partial charge is 0.280 e. The Balaban J connectivity index is 1.44. The molecule has 0 spiro atoms. The summed E-state index contributed by atoms with van der Waals surface area (Å²) in [6.45, 7) is 0. The molecule has 0 fully saturated rings. The molecule has 1 N–H and O–H groups in total. The quantitative estimate of drug-likeness (QED) is 0.369. The molecule has 0 radical (unpaired) electrons. The predicted molar refractivity (Wildman–Crippen MR) is 119 cm³/mol.